The third-order valence-electron chi connectivity index (χ3n) is 1.91. The van der Waals surface area contributed by atoms with E-state index in [0.717, 1.165) is 5.56 Å². The number of carbonyl (C=O) groups excluding carboxylic acids is 1. The van der Waals surface area contributed by atoms with Gasteiger partial charge in [0.2, 0.25) is 5.91 Å². The summed E-state index contributed by atoms with van der Waals surface area (Å²) in [7, 11) is 0. The molecule has 1 unspecified atom stereocenters. The Balaban J connectivity index is 2.52. The summed E-state index contributed by atoms with van der Waals surface area (Å²) in [4.78, 5) is 11.4. The summed E-state index contributed by atoms with van der Waals surface area (Å²) in [5.74, 6) is 2.36. The molecular formula is C12H12ClNO. The molecule has 15 heavy (non-hydrogen) atoms. The van der Waals surface area contributed by atoms with E-state index < -0.39 is 0 Å². The molecule has 0 aliphatic rings. The second-order valence-electron chi connectivity index (χ2n) is 3.26. The standard InChI is InChI=1S/C12H12ClNO/c1-3-9(2)14-12(15)8-10-4-6-11(13)7-5-10/h1,4-7,9H,8H2,2H3,(H,14,15). The van der Waals surface area contributed by atoms with Gasteiger partial charge in [-0.25, -0.2) is 0 Å². The Labute approximate surface area is 94.6 Å². The van der Waals surface area contributed by atoms with Crippen molar-refractivity contribution in [3.63, 3.8) is 0 Å². The summed E-state index contributed by atoms with van der Waals surface area (Å²) in [5.41, 5.74) is 0.918. The van der Waals surface area contributed by atoms with Gasteiger partial charge in [-0.05, 0) is 24.6 Å². The largest absolute Gasteiger partial charge is 0.342 e. The molecule has 0 saturated heterocycles. The fourth-order valence-corrected chi connectivity index (χ4v) is 1.25. The number of carbonyl (C=O) groups is 1. The van der Waals surface area contributed by atoms with Crippen molar-refractivity contribution in [3.05, 3.63) is 34.9 Å². The highest BCUT2D eigenvalue weighted by Crippen LogP contribution is 2.09. The van der Waals surface area contributed by atoms with Crippen LogP contribution < -0.4 is 5.32 Å². The Morgan fingerprint density at radius 1 is 1.53 bits per heavy atom. The number of hydrogen-bond acceptors (Lipinski definition) is 1. The summed E-state index contributed by atoms with van der Waals surface area (Å²) < 4.78 is 0. The second-order valence-corrected chi connectivity index (χ2v) is 3.70. The predicted octanol–water partition coefficient (Wildman–Crippen LogP) is 2.02. The minimum absolute atomic E-state index is 0.0808. The van der Waals surface area contributed by atoms with Crippen LogP contribution in [0.2, 0.25) is 5.02 Å². The molecule has 0 saturated carbocycles. The monoisotopic (exact) mass is 221 g/mol. The van der Waals surface area contributed by atoms with Gasteiger partial charge in [0.05, 0.1) is 12.5 Å². The fraction of sp³-hybridized carbons (Fsp3) is 0.250. The van der Waals surface area contributed by atoms with E-state index in [2.05, 4.69) is 11.2 Å². The van der Waals surface area contributed by atoms with Gasteiger partial charge in [0.25, 0.3) is 0 Å². The third kappa shape index (κ3) is 4.05. The van der Waals surface area contributed by atoms with Crippen molar-refractivity contribution in [2.75, 3.05) is 0 Å². The molecule has 1 amide bonds. The molecule has 0 heterocycles. The maximum Gasteiger partial charge on any atom is 0.225 e. The zero-order valence-corrected chi connectivity index (χ0v) is 9.21. The van der Waals surface area contributed by atoms with Gasteiger partial charge in [-0.2, -0.15) is 0 Å². The van der Waals surface area contributed by atoms with Crippen molar-refractivity contribution < 1.29 is 4.79 Å². The molecular weight excluding hydrogens is 210 g/mol. The summed E-state index contributed by atoms with van der Waals surface area (Å²) in [5, 5.41) is 3.35. The number of benzene rings is 1. The van der Waals surface area contributed by atoms with E-state index >= 15 is 0 Å². The molecule has 0 fully saturated rings. The maximum absolute atomic E-state index is 11.4. The molecule has 0 aliphatic heterocycles. The molecule has 1 atom stereocenters. The van der Waals surface area contributed by atoms with E-state index in [-0.39, 0.29) is 11.9 Å². The lowest BCUT2D eigenvalue weighted by molar-refractivity contribution is -0.120. The Morgan fingerprint density at radius 3 is 2.67 bits per heavy atom. The number of hydrogen-bond donors (Lipinski definition) is 1. The van der Waals surface area contributed by atoms with E-state index in [4.69, 9.17) is 18.0 Å². The summed E-state index contributed by atoms with van der Waals surface area (Å²) in [6.07, 6.45) is 5.47. The van der Waals surface area contributed by atoms with E-state index in [0.29, 0.717) is 11.4 Å². The lowest BCUT2D eigenvalue weighted by Gasteiger charge is -2.07. The van der Waals surface area contributed by atoms with Crippen LogP contribution in [0.3, 0.4) is 0 Å². The summed E-state index contributed by atoms with van der Waals surface area (Å²) in [6.45, 7) is 1.76. The van der Waals surface area contributed by atoms with Crippen LogP contribution >= 0.6 is 11.6 Å². The topological polar surface area (TPSA) is 29.1 Å². The average molecular weight is 222 g/mol. The smallest absolute Gasteiger partial charge is 0.225 e. The lowest BCUT2D eigenvalue weighted by Crippen LogP contribution is -2.32. The van der Waals surface area contributed by atoms with Crippen molar-refractivity contribution >= 4 is 17.5 Å². The Morgan fingerprint density at radius 2 is 2.13 bits per heavy atom. The number of halogens is 1. The van der Waals surface area contributed by atoms with Crippen LogP contribution in [0, 0.1) is 12.3 Å². The van der Waals surface area contributed by atoms with Crippen LogP contribution in [-0.4, -0.2) is 11.9 Å². The number of terminal acetylenes is 1. The number of rotatable bonds is 3. The minimum atomic E-state index is -0.232. The van der Waals surface area contributed by atoms with E-state index in [9.17, 15) is 4.79 Å². The van der Waals surface area contributed by atoms with Crippen LogP contribution in [-0.2, 0) is 11.2 Å². The van der Waals surface area contributed by atoms with Crippen LogP contribution in [0.1, 0.15) is 12.5 Å². The molecule has 0 aliphatic carbocycles. The normalized spacial score (nSPS) is 11.5. The highest BCUT2D eigenvalue weighted by atomic mass is 35.5. The number of amides is 1. The quantitative estimate of drug-likeness (QED) is 0.778. The van der Waals surface area contributed by atoms with E-state index in [1.807, 2.05) is 12.1 Å². The molecule has 1 aromatic rings. The molecule has 1 rings (SSSR count). The molecule has 0 bridgehead atoms. The van der Waals surface area contributed by atoms with Gasteiger partial charge in [0.1, 0.15) is 0 Å². The van der Waals surface area contributed by atoms with Gasteiger partial charge in [-0.15, -0.1) is 6.42 Å². The first-order valence-corrected chi connectivity index (χ1v) is 4.99. The Bertz CT molecular complexity index is 378. The van der Waals surface area contributed by atoms with Gasteiger partial charge in [-0.1, -0.05) is 29.7 Å². The van der Waals surface area contributed by atoms with E-state index in [1.165, 1.54) is 0 Å². The van der Waals surface area contributed by atoms with Crippen molar-refractivity contribution in [2.24, 2.45) is 0 Å². The SMILES string of the molecule is C#CC(C)NC(=O)Cc1ccc(Cl)cc1. The van der Waals surface area contributed by atoms with Crippen LogP contribution in [0.4, 0.5) is 0 Å². The number of nitrogens with one attached hydrogen (secondary N) is 1. The Kier molecular flexibility index (Phi) is 4.20. The first-order chi connectivity index (χ1) is 7.11. The lowest BCUT2D eigenvalue weighted by atomic mass is 10.1. The van der Waals surface area contributed by atoms with Crippen molar-refractivity contribution in [1.29, 1.82) is 0 Å². The second kappa shape index (κ2) is 5.43. The molecule has 2 nitrogen and oxygen atoms in total. The van der Waals surface area contributed by atoms with Gasteiger partial charge in [-0.3, -0.25) is 4.79 Å². The predicted molar refractivity (Wildman–Crippen MR) is 61.6 cm³/mol. The van der Waals surface area contributed by atoms with Crippen LogP contribution in [0.5, 0.6) is 0 Å². The fourth-order valence-electron chi connectivity index (χ4n) is 1.12. The molecule has 0 spiro atoms. The first-order valence-electron chi connectivity index (χ1n) is 4.61. The Hall–Kier alpha value is -1.46. The van der Waals surface area contributed by atoms with Crippen LogP contribution in [0.25, 0.3) is 0 Å². The zero-order chi connectivity index (χ0) is 11.3. The molecule has 1 N–H and O–H groups in total. The maximum atomic E-state index is 11.4. The summed E-state index contributed by atoms with van der Waals surface area (Å²) >= 11 is 5.73. The van der Waals surface area contributed by atoms with Gasteiger partial charge >= 0.3 is 0 Å². The van der Waals surface area contributed by atoms with Crippen LogP contribution in [0.15, 0.2) is 24.3 Å². The molecule has 0 aromatic heterocycles. The van der Waals surface area contributed by atoms with E-state index in [1.54, 1.807) is 19.1 Å². The highest BCUT2D eigenvalue weighted by Gasteiger charge is 2.05. The van der Waals surface area contributed by atoms with Gasteiger partial charge < -0.3 is 5.32 Å². The average Bonchev–Trinajstić information content (AvgIpc) is 2.21. The molecule has 1 aromatic carbocycles. The summed E-state index contributed by atoms with van der Waals surface area (Å²) in [6, 6.07) is 6.93. The van der Waals surface area contributed by atoms with Crippen molar-refractivity contribution in [2.45, 2.75) is 19.4 Å². The van der Waals surface area contributed by atoms with Crippen molar-refractivity contribution in [1.82, 2.24) is 5.32 Å². The van der Waals surface area contributed by atoms with Gasteiger partial charge in [0.15, 0.2) is 0 Å². The molecule has 0 radical (unpaired) electrons. The third-order valence-corrected chi connectivity index (χ3v) is 2.16. The van der Waals surface area contributed by atoms with Gasteiger partial charge in [0, 0.05) is 5.02 Å². The van der Waals surface area contributed by atoms with Crippen molar-refractivity contribution in [3.8, 4) is 12.3 Å². The highest BCUT2D eigenvalue weighted by molar-refractivity contribution is 6.30. The zero-order valence-electron chi connectivity index (χ0n) is 8.46. The minimum Gasteiger partial charge on any atom is -0.342 e. The first kappa shape index (κ1) is 11.6. The molecule has 3 heteroatoms. The molecule has 78 valence electrons.